The van der Waals surface area contributed by atoms with Crippen molar-refractivity contribution in [2.24, 2.45) is 0 Å². The second-order valence-electron chi connectivity index (χ2n) is 4.61. The van der Waals surface area contributed by atoms with E-state index in [0.717, 1.165) is 51.2 Å². The molecule has 0 aromatic carbocycles. The van der Waals surface area contributed by atoms with E-state index in [1.807, 2.05) is 11.8 Å². The number of rotatable bonds is 4. The summed E-state index contributed by atoms with van der Waals surface area (Å²) in [5, 5.41) is 3.28. The number of anilines is 1. The van der Waals surface area contributed by atoms with E-state index in [-0.39, 0.29) is 11.9 Å². The zero-order chi connectivity index (χ0) is 13.0. The monoisotopic (exact) mass is 255 g/mol. The Bertz CT molecular complexity index is 398. The fraction of sp³-hybridized carbons (Fsp3) is 0.615. The predicted molar refractivity (Wildman–Crippen MR) is 67.7 cm³/mol. The maximum absolute atomic E-state index is 13.8. The quantitative estimate of drug-likeness (QED) is 0.895. The van der Waals surface area contributed by atoms with Gasteiger partial charge in [-0.15, -0.1) is 0 Å². The Morgan fingerprint density at radius 3 is 3.00 bits per heavy atom. The van der Waals surface area contributed by atoms with Gasteiger partial charge in [0.15, 0.2) is 11.6 Å². The molecule has 1 aromatic rings. The summed E-state index contributed by atoms with van der Waals surface area (Å²) in [4.78, 5) is 5.87. The molecule has 5 heteroatoms. The summed E-state index contributed by atoms with van der Waals surface area (Å²) < 4.78 is 26.6. The van der Waals surface area contributed by atoms with E-state index >= 15 is 0 Å². The van der Waals surface area contributed by atoms with Crippen LogP contribution in [0.2, 0.25) is 0 Å². The van der Waals surface area contributed by atoms with Crippen molar-refractivity contribution in [1.29, 1.82) is 0 Å². The number of nitrogens with zero attached hydrogens (tertiary/aromatic N) is 2. The maximum atomic E-state index is 13.8. The van der Waals surface area contributed by atoms with Gasteiger partial charge >= 0.3 is 0 Å². The van der Waals surface area contributed by atoms with Gasteiger partial charge in [-0.25, -0.2) is 13.8 Å². The summed E-state index contributed by atoms with van der Waals surface area (Å²) in [6, 6.07) is 1.15. The van der Waals surface area contributed by atoms with E-state index in [0.29, 0.717) is 0 Å². The van der Waals surface area contributed by atoms with Crippen molar-refractivity contribution < 1.29 is 8.78 Å². The smallest absolute Gasteiger partial charge is 0.168 e. The number of hydrogen-bond acceptors (Lipinski definition) is 3. The van der Waals surface area contributed by atoms with Crippen molar-refractivity contribution in [1.82, 2.24) is 10.3 Å². The van der Waals surface area contributed by atoms with Crippen molar-refractivity contribution in [3.8, 4) is 0 Å². The molecule has 1 atom stereocenters. The molecule has 2 rings (SSSR count). The first kappa shape index (κ1) is 13.2. The number of likely N-dealkylation sites (N-methyl/N-ethyl adjacent to an activating group) is 1. The van der Waals surface area contributed by atoms with E-state index in [4.69, 9.17) is 0 Å². The van der Waals surface area contributed by atoms with Crippen molar-refractivity contribution in [2.75, 3.05) is 24.5 Å². The molecule has 18 heavy (non-hydrogen) atoms. The van der Waals surface area contributed by atoms with E-state index in [1.54, 1.807) is 0 Å². The van der Waals surface area contributed by atoms with Gasteiger partial charge in [-0.1, -0.05) is 6.92 Å². The molecule has 1 N–H and O–H groups in total. The van der Waals surface area contributed by atoms with Crippen LogP contribution in [0.5, 0.6) is 0 Å². The fourth-order valence-corrected chi connectivity index (χ4v) is 2.42. The molecule has 0 spiro atoms. The highest BCUT2D eigenvalue weighted by atomic mass is 19.1. The van der Waals surface area contributed by atoms with Crippen LogP contribution in [0, 0.1) is 11.6 Å². The van der Waals surface area contributed by atoms with Gasteiger partial charge in [-0.3, -0.25) is 0 Å². The minimum Gasteiger partial charge on any atom is -0.350 e. The van der Waals surface area contributed by atoms with Gasteiger partial charge < -0.3 is 10.2 Å². The van der Waals surface area contributed by atoms with Crippen LogP contribution >= 0.6 is 0 Å². The summed E-state index contributed by atoms with van der Waals surface area (Å²) in [6.07, 6.45) is 4.28. The Morgan fingerprint density at radius 2 is 2.28 bits per heavy atom. The minimum atomic E-state index is -0.628. The molecule has 1 fully saturated rings. The SMILES string of the molecule is CCNCC1CCCCN1c1ncc(F)cc1F. The lowest BCUT2D eigenvalue weighted by atomic mass is 10.0. The predicted octanol–water partition coefficient (Wildman–Crippen LogP) is 2.33. The normalized spacial score (nSPS) is 20.2. The van der Waals surface area contributed by atoms with E-state index in [2.05, 4.69) is 10.3 Å². The highest BCUT2D eigenvalue weighted by Gasteiger charge is 2.25. The van der Waals surface area contributed by atoms with Gasteiger partial charge in [-0.05, 0) is 25.8 Å². The number of aromatic nitrogens is 1. The molecular formula is C13H19F2N3. The van der Waals surface area contributed by atoms with Crippen LogP contribution in [0.25, 0.3) is 0 Å². The van der Waals surface area contributed by atoms with Crippen LogP contribution in [-0.4, -0.2) is 30.7 Å². The molecule has 0 radical (unpaired) electrons. The molecule has 1 saturated heterocycles. The standard InChI is InChI=1S/C13H19F2N3/c1-2-16-9-11-5-3-4-6-18(11)13-12(15)7-10(14)8-17-13/h7-8,11,16H,2-6,9H2,1H3. The molecule has 1 unspecified atom stereocenters. The van der Waals surface area contributed by atoms with Crippen LogP contribution in [0.4, 0.5) is 14.6 Å². The zero-order valence-corrected chi connectivity index (χ0v) is 10.6. The first-order chi connectivity index (χ1) is 8.72. The Balaban J connectivity index is 2.16. The molecule has 1 aliphatic rings. The van der Waals surface area contributed by atoms with Crippen molar-refractivity contribution in [2.45, 2.75) is 32.2 Å². The molecule has 1 aromatic heterocycles. The van der Waals surface area contributed by atoms with Gasteiger partial charge in [0.25, 0.3) is 0 Å². The number of pyridine rings is 1. The van der Waals surface area contributed by atoms with Crippen molar-refractivity contribution >= 4 is 5.82 Å². The van der Waals surface area contributed by atoms with Crippen LogP contribution in [0.1, 0.15) is 26.2 Å². The highest BCUT2D eigenvalue weighted by molar-refractivity contribution is 5.41. The average Bonchev–Trinajstić information content (AvgIpc) is 2.37. The summed E-state index contributed by atoms with van der Waals surface area (Å²) >= 11 is 0. The Labute approximate surface area is 106 Å². The molecule has 2 heterocycles. The Morgan fingerprint density at radius 1 is 1.44 bits per heavy atom. The third-order valence-corrected chi connectivity index (χ3v) is 3.32. The average molecular weight is 255 g/mol. The first-order valence-electron chi connectivity index (χ1n) is 6.50. The number of piperidine rings is 1. The largest absolute Gasteiger partial charge is 0.350 e. The molecule has 0 aliphatic carbocycles. The number of halogens is 2. The van der Waals surface area contributed by atoms with Gasteiger partial charge in [0.05, 0.1) is 6.20 Å². The van der Waals surface area contributed by atoms with Gasteiger partial charge in [-0.2, -0.15) is 0 Å². The van der Waals surface area contributed by atoms with Gasteiger partial charge in [0, 0.05) is 25.2 Å². The lowest BCUT2D eigenvalue weighted by molar-refractivity contribution is 0.428. The summed E-state index contributed by atoms with van der Waals surface area (Å²) in [5.74, 6) is -0.922. The summed E-state index contributed by atoms with van der Waals surface area (Å²) in [5.41, 5.74) is 0. The van der Waals surface area contributed by atoms with Gasteiger partial charge in [0.2, 0.25) is 0 Å². The lowest BCUT2D eigenvalue weighted by Crippen LogP contribution is -2.46. The van der Waals surface area contributed by atoms with Crippen molar-refractivity contribution in [3.05, 3.63) is 23.9 Å². The topological polar surface area (TPSA) is 28.2 Å². The first-order valence-corrected chi connectivity index (χ1v) is 6.50. The number of nitrogens with one attached hydrogen (secondary N) is 1. The molecule has 0 saturated carbocycles. The summed E-state index contributed by atoms with van der Waals surface area (Å²) in [7, 11) is 0. The molecule has 3 nitrogen and oxygen atoms in total. The summed E-state index contributed by atoms with van der Waals surface area (Å²) in [6.45, 7) is 4.54. The van der Waals surface area contributed by atoms with E-state index < -0.39 is 11.6 Å². The lowest BCUT2D eigenvalue weighted by Gasteiger charge is -2.36. The molecule has 100 valence electrons. The van der Waals surface area contributed by atoms with Crippen LogP contribution in [-0.2, 0) is 0 Å². The third kappa shape index (κ3) is 2.96. The van der Waals surface area contributed by atoms with Crippen molar-refractivity contribution in [3.63, 3.8) is 0 Å². The fourth-order valence-electron chi connectivity index (χ4n) is 2.42. The Hall–Kier alpha value is -1.23. The van der Waals surface area contributed by atoms with Gasteiger partial charge in [0.1, 0.15) is 5.82 Å². The van der Waals surface area contributed by atoms with E-state index in [9.17, 15) is 8.78 Å². The van der Waals surface area contributed by atoms with Crippen LogP contribution in [0.15, 0.2) is 12.3 Å². The molecular weight excluding hydrogens is 236 g/mol. The molecule has 0 amide bonds. The zero-order valence-electron chi connectivity index (χ0n) is 10.6. The molecule has 1 aliphatic heterocycles. The highest BCUT2D eigenvalue weighted by Crippen LogP contribution is 2.25. The second kappa shape index (κ2) is 6.09. The van der Waals surface area contributed by atoms with E-state index in [1.165, 1.54) is 0 Å². The number of hydrogen-bond donors (Lipinski definition) is 1. The minimum absolute atomic E-state index is 0.242. The maximum Gasteiger partial charge on any atom is 0.168 e. The second-order valence-corrected chi connectivity index (χ2v) is 4.61. The third-order valence-electron chi connectivity index (χ3n) is 3.32. The molecule has 0 bridgehead atoms. The van der Waals surface area contributed by atoms with Crippen LogP contribution < -0.4 is 10.2 Å². The Kier molecular flexibility index (Phi) is 4.47. The van der Waals surface area contributed by atoms with Crippen LogP contribution in [0.3, 0.4) is 0 Å².